The molecule has 0 heteroatoms. The second kappa shape index (κ2) is 3.66. The van der Waals surface area contributed by atoms with Gasteiger partial charge in [0.2, 0.25) is 0 Å². The molecule has 0 spiro atoms. The molecule has 0 unspecified atom stereocenters. The predicted molar refractivity (Wildman–Crippen MR) is 55.4 cm³/mol. The van der Waals surface area contributed by atoms with Crippen LogP contribution in [-0.4, -0.2) is 0 Å². The Balaban J connectivity index is 2.09. The van der Waals surface area contributed by atoms with Crippen LogP contribution in [0.2, 0.25) is 0 Å². The summed E-state index contributed by atoms with van der Waals surface area (Å²) in [5.41, 5.74) is 2.54. The molecule has 1 fully saturated rings. The molecule has 0 radical (unpaired) electrons. The molecule has 13 heavy (non-hydrogen) atoms. The fourth-order valence-corrected chi connectivity index (χ4v) is 1.24. The van der Waals surface area contributed by atoms with E-state index < -0.39 is 0 Å². The summed E-state index contributed by atoms with van der Waals surface area (Å²) in [5, 5.41) is 0. The van der Waals surface area contributed by atoms with Gasteiger partial charge in [0.25, 0.3) is 0 Å². The summed E-state index contributed by atoms with van der Waals surface area (Å²) in [6, 6.07) is 8.57. The molecule has 1 aromatic carbocycles. The van der Waals surface area contributed by atoms with Crippen LogP contribution in [-0.2, 0) is 6.42 Å². The maximum atomic E-state index is 3.26. The molecule has 1 aliphatic rings. The first-order valence-corrected chi connectivity index (χ1v) is 4.99. The van der Waals surface area contributed by atoms with Gasteiger partial charge in [-0.3, -0.25) is 0 Å². The van der Waals surface area contributed by atoms with E-state index in [2.05, 4.69) is 43.0 Å². The molecular formula is C13H14. The largest absolute Gasteiger partial charge is 0.0945 e. The lowest BCUT2D eigenvalue weighted by molar-refractivity contribution is 1.14. The SMILES string of the molecule is CCc1ccc(C#CC2CC2)cc1. The van der Waals surface area contributed by atoms with Crippen molar-refractivity contribution in [3.8, 4) is 11.8 Å². The van der Waals surface area contributed by atoms with E-state index >= 15 is 0 Å². The van der Waals surface area contributed by atoms with Crippen molar-refractivity contribution < 1.29 is 0 Å². The van der Waals surface area contributed by atoms with Crippen molar-refractivity contribution in [3.05, 3.63) is 35.4 Å². The third kappa shape index (κ3) is 2.36. The molecule has 66 valence electrons. The molecule has 1 aliphatic carbocycles. The average molecular weight is 170 g/mol. The van der Waals surface area contributed by atoms with E-state index in [-0.39, 0.29) is 0 Å². The second-order valence-corrected chi connectivity index (χ2v) is 3.59. The Bertz CT molecular complexity index is 331. The Hall–Kier alpha value is -1.22. The lowest BCUT2D eigenvalue weighted by atomic mass is 10.1. The highest BCUT2D eigenvalue weighted by Crippen LogP contribution is 2.27. The van der Waals surface area contributed by atoms with Crippen LogP contribution in [0.15, 0.2) is 24.3 Å². The third-order valence-corrected chi connectivity index (χ3v) is 2.36. The zero-order valence-electron chi connectivity index (χ0n) is 8.01. The predicted octanol–water partition coefficient (Wildman–Crippen LogP) is 3.01. The van der Waals surface area contributed by atoms with Gasteiger partial charge in [0, 0.05) is 11.5 Å². The van der Waals surface area contributed by atoms with Crippen molar-refractivity contribution in [1.82, 2.24) is 0 Å². The van der Waals surface area contributed by atoms with E-state index in [4.69, 9.17) is 0 Å². The molecule has 2 rings (SSSR count). The minimum Gasteiger partial charge on any atom is -0.0945 e. The van der Waals surface area contributed by atoms with Gasteiger partial charge in [-0.25, -0.2) is 0 Å². The highest BCUT2D eigenvalue weighted by molar-refractivity contribution is 5.37. The fraction of sp³-hybridized carbons (Fsp3) is 0.385. The normalized spacial score (nSPS) is 14.8. The molecule has 0 N–H and O–H groups in total. The van der Waals surface area contributed by atoms with E-state index in [9.17, 15) is 0 Å². The van der Waals surface area contributed by atoms with E-state index in [1.54, 1.807) is 0 Å². The van der Waals surface area contributed by atoms with Crippen molar-refractivity contribution >= 4 is 0 Å². The zero-order chi connectivity index (χ0) is 9.10. The highest BCUT2D eigenvalue weighted by atomic mass is 14.2. The van der Waals surface area contributed by atoms with Gasteiger partial charge in [0.15, 0.2) is 0 Å². The minimum absolute atomic E-state index is 0.700. The summed E-state index contributed by atoms with van der Waals surface area (Å²) in [5.74, 6) is 7.17. The van der Waals surface area contributed by atoms with E-state index in [0.29, 0.717) is 5.92 Å². The summed E-state index contributed by atoms with van der Waals surface area (Å²) < 4.78 is 0. The van der Waals surface area contributed by atoms with Crippen LogP contribution in [0.25, 0.3) is 0 Å². The van der Waals surface area contributed by atoms with Gasteiger partial charge >= 0.3 is 0 Å². The highest BCUT2D eigenvalue weighted by Gasteiger charge is 2.17. The number of aryl methyl sites for hydroxylation is 1. The molecular weight excluding hydrogens is 156 g/mol. The van der Waals surface area contributed by atoms with Crippen LogP contribution in [0.4, 0.5) is 0 Å². The van der Waals surface area contributed by atoms with Crippen LogP contribution >= 0.6 is 0 Å². The molecule has 1 aromatic rings. The van der Waals surface area contributed by atoms with Gasteiger partial charge in [0.1, 0.15) is 0 Å². The van der Waals surface area contributed by atoms with Crippen molar-refractivity contribution in [3.63, 3.8) is 0 Å². The molecule has 0 heterocycles. The van der Waals surface area contributed by atoms with Gasteiger partial charge in [-0.1, -0.05) is 30.9 Å². The maximum absolute atomic E-state index is 3.26. The first-order chi connectivity index (χ1) is 6.38. The quantitative estimate of drug-likeness (QED) is 0.568. The number of rotatable bonds is 1. The second-order valence-electron chi connectivity index (χ2n) is 3.59. The average Bonchev–Trinajstić information content (AvgIpc) is 2.99. The Morgan fingerprint density at radius 1 is 1.23 bits per heavy atom. The third-order valence-electron chi connectivity index (χ3n) is 2.36. The summed E-state index contributed by atoms with van der Waals surface area (Å²) >= 11 is 0. The van der Waals surface area contributed by atoms with Crippen molar-refractivity contribution in [1.29, 1.82) is 0 Å². The maximum Gasteiger partial charge on any atom is 0.0245 e. The molecule has 0 saturated heterocycles. The summed E-state index contributed by atoms with van der Waals surface area (Å²) in [7, 11) is 0. The van der Waals surface area contributed by atoms with Crippen molar-refractivity contribution in [2.45, 2.75) is 26.2 Å². The Labute approximate surface area is 80.0 Å². The number of benzene rings is 1. The van der Waals surface area contributed by atoms with Crippen LogP contribution < -0.4 is 0 Å². The molecule has 0 nitrogen and oxygen atoms in total. The van der Waals surface area contributed by atoms with E-state index in [1.807, 2.05) is 0 Å². The van der Waals surface area contributed by atoms with Gasteiger partial charge in [-0.05, 0) is 37.0 Å². The van der Waals surface area contributed by atoms with Crippen molar-refractivity contribution in [2.24, 2.45) is 5.92 Å². The molecule has 0 bridgehead atoms. The Kier molecular flexibility index (Phi) is 2.36. The fourth-order valence-electron chi connectivity index (χ4n) is 1.24. The monoisotopic (exact) mass is 170 g/mol. The molecule has 1 saturated carbocycles. The summed E-state index contributed by atoms with van der Waals surface area (Å²) in [4.78, 5) is 0. The topological polar surface area (TPSA) is 0 Å². The smallest absolute Gasteiger partial charge is 0.0245 e. The lowest BCUT2D eigenvalue weighted by Crippen LogP contribution is -1.80. The number of hydrogen-bond donors (Lipinski definition) is 0. The van der Waals surface area contributed by atoms with Crippen LogP contribution in [0.5, 0.6) is 0 Å². The van der Waals surface area contributed by atoms with Gasteiger partial charge < -0.3 is 0 Å². The first-order valence-electron chi connectivity index (χ1n) is 4.99. The van der Waals surface area contributed by atoms with Gasteiger partial charge in [-0.2, -0.15) is 0 Å². The van der Waals surface area contributed by atoms with Gasteiger partial charge in [-0.15, -0.1) is 0 Å². The Morgan fingerprint density at radius 2 is 1.92 bits per heavy atom. The van der Waals surface area contributed by atoms with Crippen LogP contribution in [0.1, 0.15) is 30.9 Å². The minimum atomic E-state index is 0.700. The summed E-state index contributed by atoms with van der Waals surface area (Å²) in [6.45, 7) is 2.17. The van der Waals surface area contributed by atoms with Gasteiger partial charge in [0.05, 0.1) is 0 Å². The molecule has 0 amide bonds. The van der Waals surface area contributed by atoms with E-state index in [1.165, 1.54) is 18.4 Å². The van der Waals surface area contributed by atoms with Crippen LogP contribution in [0.3, 0.4) is 0 Å². The van der Waals surface area contributed by atoms with Crippen LogP contribution in [0, 0.1) is 17.8 Å². The first kappa shape index (κ1) is 8.38. The molecule has 0 aromatic heterocycles. The summed E-state index contributed by atoms with van der Waals surface area (Å²) in [6.07, 6.45) is 3.72. The number of hydrogen-bond acceptors (Lipinski definition) is 0. The molecule has 0 aliphatic heterocycles. The lowest BCUT2D eigenvalue weighted by Gasteiger charge is -1.94. The molecule has 0 atom stereocenters. The zero-order valence-corrected chi connectivity index (χ0v) is 8.01. The Morgan fingerprint density at radius 3 is 2.46 bits per heavy atom. The standard InChI is InChI=1S/C13H14/c1-2-11-3-5-12(6-4-11)7-8-13-9-10-13/h3-6,13H,2,9-10H2,1H3. The van der Waals surface area contributed by atoms with Crippen molar-refractivity contribution in [2.75, 3.05) is 0 Å². The van der Waals surface area contributed by atoms with E-state index in [0.717, 1.165) is 12.0 Å².